The molecule has 2 aromatic heterocycles. The predicted molar refractivity (Wildman–Crippen MR) is 57.2 cm³/mol. The van der Waals surface area contributed by atoms with Crippen LogP contribution >= 0.6 is 0 Å². The zero-order valence-electron chi connectivity index (χ0n) is 8.89. The summed E-state index contributed by atoms with van der Waals surface area (Å²) in [6, 6.07) is 3.68. The van der Waals surface area contributed by atoms with Crippen LogP contribution in [0.15, 0.2) is 23.1 Å². The van der Waals surface area contributed by atoms with Crippen molar-refractivity contribution in [1.29, 1.82) is 0 Å². The fourth-order valence-corrected chi connectivity index (χ4v) is 1.19. The van der Waals surface area contributed by atoms with Crippen molar-refractivity contribution >= 4 is 0 Å². The summed E-state index contributed by atoms with van der Waals surface area (Å²) >= 11 is 0. The van der Waals surface area contributed by atoms with Crippen LogP contribution in [0.1, 0.15) is 5.56 Å². The molecule has 0 aliphatic carbocycles. The topological polar surface area (TPSA) is 80.8 Å². The fourth-order valence-electron chi connectivity index (χ4n) is 1.19. The van der Waals surface area contributed by atoms with Crippen molar-refractivity contribution in [3.05, 3.63) is 34.4 Å². The number of nitrogens with one attached hydrogen (secondary N) is 1. The van der Waals surface area contributed by atoms with Gasteiger partial charge in [0.1, 0.15) is 5.69 Å². The minimum Gasteiger partial charge on any atom is -0.467 e. The number of aromatic nitrogens is 4. The van der Waals surface area contributed by atoms with E-state index in [4.69, 9.17) is 4.74 Å². The normalized spacial score (nSPS) is 10.1. The first-order valence-corrected chi connectivity index (χ1v) is 4.64. The number of nitrogens with zero attached hydrogens (tertiary/aromatic N) is 3. The summed E-state index contributed by atoms with van der Waals surface area (Å²) in [7, 11) is 1.40. The molecule has 0 bridgehead atoms. The summed E-state index contributed by atoms with van der Waals surface area (Å²) < 4.78 is 4.81. The Balaban J connectivity index is 2.51. The van der Waals surface area contributed by atoms with E-state index in [1.165, 1.54) is 7.11 Å². The maximum absolute atomic E-state index is 11.2. The van der Waals surface area contributed by atoms with Crippen molar-refractivity contribution in [1.82, 2.24) is 19.9 Å². The molecular weight excluding hydrogens is 208 g/mol. The van der Waals surface area contributed by atoms with Crippen LogP contribution in [0, 0.1) is 6.92 Å². The highest BCUT2D eigenvalue weighted by Crippen LogP contribution is 2.11. The lowest BCUT2D eigenvalue weighted by molar-refractivity contribution is 0.377. The van der Waals surface area contributed by atoms with E-state index in [1.54, 1.807) is 12.3 Å². The van der Waals surface area contributed by atoms with Gasteiger partial charge in [-0.15, -0.1) is 4.98 Å². The summed E-state index contributed by atoms with van der Waals surface area (Å²) in [6.45, 7) is 1.93. The summed E-state index contributed by atoms with van der Waals surface area (Å²) in [5.74, 6) is 0.344. The second kappa shape index (κ2) is 4.09. The van der Waals surface area contributed by atoms with Crippen molar-refractivity contribution in [2.75, 3.05) is 7.11 Å². The largest absolute Gasteiger partial charge is 0.467 e. The Labute approximate surface area is 91.4 Å². The quantitative estimate of drug-likeness (QED) is 0.795. The van der Waals surface area contributed by atoms with E-state index in [0.717, 1.165) is 5.56 Å². The fraction of sp³-hybridized carbons (Fsp3) is 0.200. The first-order chi connectivity index (χ1) is 7.69. The van der Waals surface area contributed by atoms with Gasteiger partial charge >= 0.3 is 11.7 Å². The number of ether oxygens (including phenoxy) is 1. The lowest BCUT2D eigenvalue weighted by atomic mass is 10.3. The number of hydrogen-bond donors (Lipinski definition) is 1. The van der Waals surface area contributed by atoms with Crippen LogP contribution in [0.3, 0.4) is 0 Å². The van der Waals surface area contributed by atoms with E-state index < -0.39 is 5.69 Å². The van der Waals surface area contributed by atoms with Gasteiger partial charge in [0.2, 0.25) is 0 Å². The molecule has 16 heavy (non-hydrogen) atoms. The van der Waals surface area contributed by atoms with Crippen molar-refractivity contribution < 1.29 is 4.74 Å². The molecule has 0 aliphatic heterocycles. The van der Waals surface area contributed by atoms with Gasteiger partial charge in [-0.3, -0.25) is 9.97 Å². The molecule has 0 spiro atoms. The summed E-state index contributed by atoms with van der Waals surface area (Å²) in [5.41, 5.74) is 1.10. The van der Waals surface area contributed by atoms with E-state index in [-0.39, 0.29) is 6.01 Å². The highest BCUT2D eigenvalue weighted by atomic mass is 16.5. The smallest absolute Gasteiger partial charge is 0.351 e. The van der Waals surface area contributed by atoms with E-state index in [1.807, 2.05) is 13.0 Å². The number of pyridine rings is 1. The molecule has 6 nitrogen and oxygen atoms in total. The molecule has 0 aromatic carbocycles. The number of aromatic amines is 1. The van der Waals surface area contributed by atoms with Crippen molar-refractivity contribution in [2.24, 2.45) is 0 Å². The van der Waals surface area contributed by atoms with Gasteiger partial charge in [0.05, 0.1) is 7.11 Å². The van der Waals surface area contributed by atoms with Crippen LogP contribution in [0.2, 0.25) is 0 Å². The Hall–Kier alpha value is -2.24. The molecule has 2 aromatic rings. The maximum Gasteiger partial charge on any atom is 0.351 e. The summed E-state index contributed by atoms with van der Waals surface area (Å²) in [5, 5.41) is 0. The third-order valence-electron chi connectivity index (χ3n) is 1.97. The molecule has 0 radical (unpaired) electrons. The molecule has 0 saturated carbocycles. The highest BCUT2D eigenvalue weighted by Gasteiger charge is 2.05. The molecule has 1 N–H and O–H groups in total. The molecule has 2 rings (SSSR count). The predicted octanol–water partition coefficient (Wildman–Crippen LogP) is 0.544. The molecular formula is C10H10N4O2. The average Bonchev–Trinajstić information content (AvgIpc) is 2.29. The van der Waals surface area contributed by atoms with Crippen LogP contribution in [0.4, 0.5) is 0 Å². The molecule has 0 fully saturated rings. The van der Waals surface area contributed by atoms with Gasteiger partial charge in [-0.25, -0.2) is 4.79 Å². The zero-order valence-corrected chi connectivity index (χ0v) is 8.89. The number of methoxy groups -OCH3 is 1. The van der Waals surface area contributed by atoms with E-state index >= 15 is 0 Å². The molecule has 0 unspecified atom stereocenters. The Morgan fingerprint density at radius 2 is 2.12 bits per heavy atom. The average molecular weight is 218 g/mol. The first kappa shape index (κ1) is 10.3. The second-order valence-corrected chi connectivity index (χ2v) is 3.21. The van der Waals surface area contributed by atoms with Gasteiger partial charge in [0.15, 0.2) is 5.82 Å². The summed E-state index contributed by atoms with van der Waals surface area (Å²) in [6.07, 6.45) is 1.70. The van der Waals surface area contributed by atoms with Crippen LogP contribution in [-0.4, -0.2) is 27.0 Å². The van der Waals surface area contributed by atoms with Crippen LogP contribution in [-0.2, 0) is 0 Å². The molecule has 0 saturated heterocycles. The highest BCUT2D eigenvalue weighted by molar-refractivity contribution is 5.48. The second-order valence-electron chi connectivity index (χ2n) is 3.21. The Morgan fingerprint density at radius 3 is 2.75 bits per heavy atom. The van der Waals surface area contributed by atoms with Crippen molar-refractivity contribution in [3.63, 3.8) is 0 Å². The number of hydrogen-bond acceptors (Lipinski definition) is 5. The van der Waals surface area contributed by atoms with E-state index in [2.05, 4.69) is 19.9 Å². The van der Waals surface area contributed by atoms with Crippen LogP contribution in [0.5, 0.6) is 6.01 Å². The van der Waals surface area contributed by atoms with E-state index in [0.29, 0.717) is 11.5 Å². The zero-order chi connectivity index (χ0) is 11.5. The van der Waals surface area contributed by atoms with Crippen molar-refractivity contribution in [2.45, 2.75) is 6.92 Å². The van der Waals surface area contributed by atoms with Gasteiger partial charge in [0.25, 0.3) is 0 Å². The van der Waals surface area contributed by atoms with Crippen molar-refractivity contribution in [3.8, 4) is 17.5 Å². The monoisotopic (exact) mass is 218 g/mol. The van der Waals surface area contributed by atoms with Gasteiger partial charge in [-0.05, 0) is 18.6 Å². The lowest BCUT2D eigenvalue weighted by Gasteiger charge is -2.01. The molecule has 2 heterocycles. The molecule has 0 amide bonds. The minimum atomic E-state index is -0.510. The standard InChI is InChI=1S/C10H10N4O2/c1-6-3-4-7(11-5-6)8-12-9(15)14-10(13-8)16-2/h3-5H,1-2H3,(H,12,13,14,15). The lowest BCUT2D eigenvalue weighted by Crippen LogP contribution is -2.14. The van der Waals surface area contributed by atoms with Gasteiger partial charge in [0, 0.05) is 6.20 Å². The SMILES string of the molecule is COc1nc(-c2ccc(C)cn2)[nH]c(=O)n1. The van der Waals surface area contributed by atoms with Crippen LogP contribution in [0.25, 0.3) is 11.5 Å². The molecule has 0 atom stereocenters. The van der Waals surface area contributed by atoms with Crippen LogP contribution < -0.4 is 10.4 Å². The Bertz CT molecular complexity index is 547. The third kappa shape index (κ3) is 2.05. The molecule has 6 heteroatoms. The number of rotatable bonds is 2. The van der Waals surface area contributed by atoms with Gasteiger partial charge in [-0.1, -0.05) is 6.07 Å². The Kier molecular flexibility index (Phi) is 2.63. The minimum absolute atomic E-state index is 0.0288. The van der Waals surface area contributed by atoms with E-state index in [9.17, 15) is 4.79 Å². The van der Waals surface area contributed by atoms with Gasteiger partial charge < -0.3 is 4.74 Å². The molecule has 82 valence electrons. The van der Waals surface area contributed by atoms with Gasteiger partial charge in [-0.2, -0.15) is 4.98 Å². The number of H-pyrrole nitrogens is 1. The summed E-state index contributed by atoms with van der Waals surface area (Å²) in [4.78, 5) is 25.4. The maximum atomic E-state index is 11.2. The number of aryl methyl sites for hydroxylation is 1. The molecule has 0 aliphatic rings. The first-order valence-electron chi connectivity index (χ1n) is 4.64. The Morgan fingerprint density at radius 1 is 1.31 bits per heavy atom. The third-order valence-corrected chi connectivity index (χ3v) is 1.97.